The normalized spacial score (nSPS) is 15.1. The van der Waals surface area contributed by atoms with E-state index in [2.05, 4.69) is 28.6 Å². The molecule has 2 atom stereocenters. The Morgan fingerprint density at radius 3 is 2.36 bits per heavy atom. The molecule has 2 amide bonds. The zero-order valence-electron chi connectivity index (χ0n) is 12.8. The van der Waals surface area contributed by atoms with Crippen molar-refractivity contribution in [3.8, 4) is 0 Å². The van der Waals surface area contributed by atoms with E-state index in [0.29, 0.717) is 0 Å². The molecule has 7 N–H and O–H groups in total. The van der Waals surface area contributed by atoms with E-state index in [9.17, 15) is 14.4 Å². The number of guanidine groups is 1. The molecule has 0 rings (SSSR count). The molecule has 0 saturated carbocycles. The molecule has 126 valence electrons. The SMILES string of the molecule is CC(S)(CC(C)(C)C(=O)NCC(NC=O)C(=O)O)NC(=N)N. The zero-order chi connectivity index (χ0) is 17.6. The molecule has 0 radical (unpaired) electrons. The number of aliphatic carboxylic acids is 1. The van der Waals surface area contributed by atoms with Gasteiger partial charge in [0, 0.05) is 12.0 Å². The number of carboxylic acids is 1. The molecule has 0 aromatic carbocycles. The van der Waals surface area contributed by atoms with Gasteiger partial charge in [0.25, 0.3) is 0 Å². The number of thiol groups is 1. The van der Waals surface area contributed by atoms with Crippen LogP contribution in [0.5, 0.6) is 0 Å². The summed E-state index contributed by atoms with van der Waals surface area (Å²) in [6.07, 6.45) is 0.491. The number of hydrogen-bond acceptors (Lipinski definition) is 5. The molecule has 0 heterocycles. The van der Waals surface area contributed by atoms with Gasteiger partial charge in [-0.3, -0.25) is 15.0 Å². The fourth-order valence-electron chi connectivity index (χ4n) is 2.01. The fourth-order valence-corrected chi connectivity index (χ4v) is 2.52. The number of carboxylic acid groups (broad SMARTS) is 1. The van der Waals surface area contributed by atoms with Crippen molar-refractivity contribution in [1.29, 1.82) is 5.41 Å². The summed E-state index contributed by atoms with van der Waals surface area (Å²) in [5, 5.41) is 23.3. The van der Waals surface area contributed by atoms with E-state index >= 15 is 0 Å². The van der Waals surface area contributed by atoms with Gasteiger partial charge in [-0.05, 0) is 13.3 Å². The summed E-state index contributed by atoms with van der Waals surface area (Å²) in [4.78, 5) is 32.5. The van der Waals surface area contributed by atoms with Gasteiger partial charge in [0.05, 0.1) is 4.87 Å². The average Bonchev–Trinajstić information content (AvgIpc) is 2.30. The van der Waals surface area contributed by atoms with Gasteiger partial charge in [-0.1, -0.05) is 13.8 Å². The maximum Gasteiger partial charge on any atom is 0.328 e. The summed E-state index contributed by atoms with van der Waals surface area (Å²) in [7, 11) is 0. The quantitative estimate of drug-likeness (QED) is 0.0928. The van der Waals surface area contributed by atoms with E-state index < -0.39 is 28.2 Å². The average molecular weight is 333 g/mol. The predicted molar refractivity (Wildman–Crippen MR) is 84.5 cm³/mol. The Morgan fingerprint density at radius 2 is 1.95 bits per heavy atom. The van der Waals surface area contributed by atoms with Crippen molar-refractivity contribution in [2.75, 3.05) is 6.54 Å². The maximum absolute atomic E-state index is 12.2. The van der Waals surface area contributed by atoms with E-state index in [0.717, 1.165) is 0 Å². The molecule has 0 spiro atoms. The first-order valence-corrected chi connectivity index (χ1v) is 6.91. The van der Waals surface area contributed by atoms with Crippen molar-refractivity contribution >= 4 is 36.9 Å². The van der Waals surface area contributed by atoms with Crippen molar-refractivity contribution in [3.63, 3.8) is 0 Å². The smallest absolute Gasteiger partial charge is 0.328 e. The number of carbonyl (C=O) groups excluding carboxylic acids is 2. The van der Waals surface area contributed by atoms with Gasteiger partial charge in [-0.2, -0.15) is 12.6 Å². The van der Waals surface area contributed by atoms with Crippen molar-refractivity contribution < 1.29 is 19.5 Å². The molecule has 0 aliphatic rings. The lowest BCUT2D eigenvalue weighted by atomic mass is 9.84. The van der Waals surface area contributed by atoms with Crippen molar-refractivity contribution in [2.24, 2.45) is 11.1 Å². The molecular weight excluding hydrogens is 310 g/mol. The van der Waals surface area contributed by atoms with E-state index in [1.54, 1.807) is 20.8 Å². The molecule has 0 aliphatic carbocycles. The van der Waals surface area contributed by atoms with Crippen LogP contribution in [0.1, 0.15) is 27.2 Å². The third-order valence-corrected chi connectivity index (χ3v) is 3.11. The van der Waals surface area contributed by atoms with Gasteiger partial charge < -0.3 is 26.8 Å². The Morgan fingerprint density at radius 1 is 1.41 bits per heavy atom. The molecular formula is C12H23N5O4S. The minimum atomic E-state index is -1.25. The van der Waals surface area contributed by atoms with Crippen LogP contribution >= 0.6 is 12.6 Å². The highest BCUT2D eigenvalue weighted by Crippen LogP contribution is 2.30. The number of nitrogens with one attached hydrogen (secondary N) is 4. The Kier molecular flexibility index (Phi) is 7.17. The monoisotopic (exact) mass is 333 g/mol. The van der Waals surface area contributed by atoms with Crippen LogP contribution in [0, 0.1) is 10.8 Å². The molecule has 0 aromatic heterocycles. The molecule has 10 heteroatoms. The van der Waals surface area contributed by atoms with Crippen LogP contribution < -0.4 is 21.7 Å². The minimum absolute atomic E-state index is 0.230. The number of carbonyl (C=O) groups is 3. The van der Waals surface area contributed by atoms with Gasteiger partial charge in [-0.25, -0.2) is 4.79 Å². The van der Waals surface area contributed by atoms with Crippen LogP contribution in [0.25, 0.3) is 0 Å². The summed E-state index contributed by atoms with van der Waals surface area (Å²) >= 11 is 4.32. The van der Waals surface area contributed by atoms with Crippen molar-refractivity contribution in [1.82, 2.24) is 16.0 Å². The summed E-state index contributed by atoms with van der Waals surface area (Å²) < 4.78 is 0. The lowest BCUT2D eigenvalue weighted by Crippen LogP contribution is -2.52. The summed E-state index contributed by atoms with van der Waals surface area (Å²) in [6, 6.07) is -1.20. The molecule has 2 unspecified atom stereocenters. The maximum atomic E-state index is 12.2. The van der Waals surface area contributed by atoms with Crippen molar-refractivity contribution in [3.05, 3.63) is 0 Å². The highest BCUT2D eigenvalue weighted by molar-refractivity contribution is 7.81. The second kappa shape index (κ2) is 7.87. The largest absolute Gasteiger partial charge is 0.480 e. The number of hydrogen-bond donors (Lipinski definition) is 7. The van der Waals surface area contributed by atoms with Crippen LogP contribution in [0.4, 0.5) is 0 Å². The third-order valence-electron chi connectivity index (χ3n) is 2.84. The number of rotatable bonds is 9. The summed E-state index contributed by atoms with van der Waals surface area (Å²) in [5.41, 5.74) is 4.36. The lowest BCUT2D eigenvalue weighted by Gasteiger charge is -2.34. The lowest BCUT2D eigenvalue weighted by molar-refractivity contribution is -0.140. The van der Waals surface area contributed by atoms with Gasteiger partial charge >= 0.3 is 5.97 Å². The Labute approximate surface area is 134 Å². The molecule has 0 saturated heterocycles. The van der Waals surface area contributed by atoms with Crippen LogP contribution in [0.2, 0.25) is 0 Å². The molecule has 22 heavy (non-hydrogen) atoms. The minimum Gasteiger partial charge on any atom is -0.480 e. The van der Waals surface area contributed by atoms with Crippen LogP contribution in [0.15, 0.2) is 0 Å². The first-order chi connectivity index (χ1) is 9.91. The van der Waals surface area contributed by atoms with Gasteiger partial charge in [0.1, 0.15) is 6.04 Å². The van der Waals surface area contributed by atoms with Gasteiger partial charge in [0.2, 0.25) is 12.3 Å². The van der Waals surface area contributed by atoms with E-state index in [1.165, 1.54) is 0 Å². The Hall–Kier alpha value is -1.97. The van der Waals surface area contributed by atoms with E-state index in [-0.39, 0.29) is 25.3 Å². The van der Waals surface area contributed by atoms with Crippen LogP contribution in [-0.2, 0) is 14.4 Å². The fraction of sp³-hybridized carbons (Fsp3) is 0.667. The van der Waals surface area contributed by atoms with E-state index in [4.69, 9.17) is 16.2 Å². The summed E-state index contributed by atoms with van der Waals surface area (Å²) in [6.45, 7) is 4.74. The molecule has 9 nitrogen and oxygen atoms in total. The predicted octanol–water partition coefficient (Wildman–Crippen LogP) is -1.15. The second-order valence-corrected chi connectivity index (χ2v) is 6.75. The Balaban J connectivity index is 4.71. The first-order valence-electron chi connectivity index (χ1n) is 6.46. The zero-order valence-corrected chi connectivity index (χ0v) is 13.7. The third kappa shape index (κ3) is 7.16. The summed E-state index contributed by atoms with van der Waals surface area (Å²) in [5.74, 6) is -1.92. The number of amides is 2. The highest BCUT2D eigenvalue weighted by atomic mass is 32.1. The molecule has 0 bridgehead atoms. The standard InChI is InChI=1S/C12H23N5O4S/c1-11(2,5-12(3,22)17-10(13)14)9(21)15-4-7(8(19)20)16-6-18/h6-7,22H,4-5H2,1-3H3,(H,15,21)(H,16,18)(H,19,20)(H4,13,14,17). The number of nitrogens with two attached hydrogens (primary N) is 1. The Bertz CT molecular complexity index is 453. The molecule has 0 aliphatic heterocycles. The first kappa shape index (κ1) is 20.0. The molecule has 0 fully saturated rings. The molecule has 0 aromatic rings. The second-order valence-electron chi connectivity index (χ2n) is 5.76. The van der Waals surface area contributed by atoms with Gasteiger partial charge in [0.15, 0.2) is 5.96 Å². The van der Waals surface area contributed by atoms with Crippen LogP contribution in [0.3, 0.4) is 0 Å². The topological polar surface area (TPSA) is 157 Å². The van der Waals surface area contributed by atoms with Crippen molar-refractivity contribution in [2.45, 2.75) is 38.1 Å². The highest BCUT2D eigenvalue weighted by Gasteiger charge is 2.36. The van der Waals surface area contributed by atoms with E-state index in [1.807, 2.05) is 0 Å². The van der Waals surface area contributed by atoms with Crippen LogP contribution in [-0.4, -0.2) is 46.8 Å². The van der Waals surface area contributed by atoms with Gasteiger partial charge in [-0.15, -0.1) is 0 Å².